The zero-order chi connectivity index (χ0) is 19.0. The second-order valence-corrected chi connectivity index (χ2v) is 6.89. The van der Waals surface area contributed by atoms with Crippen LogP contribution in [0.5, 0.6) is 0 Å². The number of nitrogens with zero attached hydrogens (tertiary/aromatic N) is 2. The lowest BCUT2D eigenvalue weighted by Crippen LogP contribution is -2.19. The number of nitrogens with one attached hydrogen (secondary N) is 2. The summed E-state index contributed by atoms with van der Waals surface area (Å²) in [6, 6.07) is 11.4. The van der Waals surface area contributed by atoms with E-state index in [-0.39, 0.29) is 11.7 Å². The van der Waals surface area contributed by atoms with E-state index in [0.29, 0.717) is 30.8 Å². The van der Waals surface area contributed by atoms with Crippen molar-refractivity contribution >= 4 is 17.3 Å². The Bertz CT molecular complexity index is 1030. The Labute approximate surface area is 157 Å². The van der Waals surface area contributed by atoms with Gasteiger partial charge < -0.3 is 10.6 Å². The number of amides is 1. The molecule has 27 heavy (non-hydrogen) atoms. The van der Waals surface area contributed by atoms with Gasteiger partial charge in [-0.1, -0.05) is 17.7 Å². The molecule has 0 unspecified atom stereocenters. The highest BCUT2D eigenvalue weighted by Crippen LogP contribution is 2.30. The van der Waals surface area contributed by atoms with Gasteiger partial charge in [0.05, 0.1) is 11.4 Å². The number of hydrogen-bond donors (Lipinski definition) is 2. The maximum Gasteiger partial charge on any atom is 0.224 e. The van der Waals surface area contributed by atoms with Gasteiger partial charge in [-0.15, -0.1) is 0 Å². The fraction of sp³-hybridized carbons (Fsp3) is 0.238. The van der Waals surface area contributed by atoms with Crippen molar-refractivity contribution in [3.05, 3.63) is 65.1 Å². The number of carbonyl (C=O) groups is 1. The molecule has 0 atom stereocenters. The highest BCUT2D eigenvalue weighted by molar-refractivity contribution is 5.94. The van der Waals surface area contributed by atoms with E-state index in [1.54, 1.807) is 12.3 Å². The lowest BCUT2D eigenvalue weighted by Gasteiger charge is -2.19. The molecule has 0 radical (unpaired) electrons. The quantitative estimate of drug-likeness (QED) is 0.735. The summed E-state index contributed by atoms with van der Waals surface area (Å²) in [4.78, 5) is 11.5. The number of aromatic nitrogens is 2. The van der Waals surface area contributed by atoms with Crippen molar-refractivity contribution in [3.63, 3.8) is 0 Å². The molecule has 2 heterocycles. The van der Waals surface area contributed by atoms with E-state index in [9.17, 15) is 9.18 Å². The minimum Gasteiger partial charge on any atom is -0.379 e. The summed E-state index contributed by atoms with van der Waals surface area (Å²) in [6.07, 6.45) is 2.83. The third-order valence-corrected chi connectivity index (χ3v) is 4.92. The van der Waals surface area contributed by atoms with Gasteiger partial charge in [-0.25, -0.2) is 4.39 Å². The zero-order valence-corrected chi connectivity index (χ0v) is 15.3. The Balaban J connectivity index is 1.61. The molecular weight excluding hydrogens is 343 g/mol. The monoisotopic (exact) mass is 364 g/mol. The molecule has 0 spiro atoms. The van der Waals surface area contributed by atoms with E-state index in [4.69, 9.17) is 0 Å². The SMILES string of the molecule is Cc1ccc(CNc2cc3c(cc2F)NC(=O)CC3)c(-c2ccnn2C)c1. The van der Waals surface area contributed by atoms with Gasteiger partial charge >= 0.3 is 0 Å². The summed E-state index contributed by atoms with van der Waals surface area (Å²) in [5.41, 5.74) is 6.29. The molecular formula is C21H21FN4O. The molecule has 2 N–H and O–H groups in total. The van der Waals surface area contributed by atoms with Crippen LogP contribution in [0.3, 0.4) is 0 Å². The summed E-state index contributed by atoms with van der Waals surface area (Å²) in [5, 5.41) is 10.2. The smallest absolute Gasteiger partial charge is 0.224 e. The summed E-state index contributed by atoms with van der Waals surface area (Å²) in [7, 11) is 1.91. The van der Waals surface area contributed by atoms with Crippen LogP contribution in [0.25, 0.3) is 11.3 Å². The fourth-order valence-corrected chi connectivity index (χ4v) is 3.45. The van der Waals surface area contributed by atoms with E-state index in [0.717, 1.165) is 27.9 Å². The third-order valence-electron chi connectivity index (χ3n) is 4.92. The summed E-state index contributed by atoms with van der Waals surface area (Å²) in [5.74, 6) is -0.437. The van der Waals surface area contributed by atoms with Crippen molar-refractivity contribution in [2.45, 2.75) is 26.3 Å². The van der Waals surface area contributed by atoms with Crippen LogP contribution in [0.4, 0.5) is 15.8 Å². The maximum atomic E-state index is 14.5. The number of aryl methyl sites for hydroxylation is 3. The summed E-state index contributed by atoms with van der Waals surface area (Å²) in [6.45, 7) is 2.54. The predicted molar refractivity (Wildman–Crippen MR) is 104 cm³/mol. The van der Waals surface area contributed by atoms with E-state index in [2.05, 4.69) is 40.9 Å². The average molecular weight is 364 g/mol. The van der Waals surface area contributed by atoms with Crippen LogP contribution in [0.1, 0.15) is 23.1 Å². The van der Waals surface area contributed by atoms with E-state index in [1.165, 1.54) is 6.07 Å². The standard InChI is InChI=1S/C21H21FN4O/c1-13-3-4-15(16(9-13)20-7-8-24-26(20)2)12-23-19-10-14-5-6-21(27)25-18(14)11-17(19)22/h3-4,7-11,23H,5-6,12H2,1-2H3,(H,25,27). The van der Waals surface area contributed by atoms with E-state index < -0.39 is 0 Å². The summed E-state index contributed by atoms with van der Waals surface area (Å²) < 4.78 is 16.3. The highest BCUT2D eigenvalue weighted by atomic mass is 19.1. The summed E-state index contributed by atoms with van der Waals surface area (Å²) >= 11 is 0. The van der Waals surface area contributed by atoms with Gasteiger partial charge in [0.15, 0.2) is 0 Å². The zero-order valence-electron chi connectivity index (χ0n) is 15.3. The molecule has 0 fully saturated rings. The predicted octanol–water partition coefficient (Wildman–Crippen LogP) is 4.03. The second kappa shape index (κ2) is 6.87. The molecule has 6 heteroatoms. The molecule has 0 saturated heterocycles. The molecule has 4 rings (SSSR count). The lowest BCUT2D eigenvalue weighted by molar-refractivity contribution is -0.116. The maximum absolute atomic E-state index is 14.5. The highest BCUT2D eigenvalue weighted by Gasteiger charge is 2.18. The second-order valence-electron chi connectivity index (χ2n) is 6.89. The van der Waals surface area contributed by atoms with Gasteiger partial charge in [0, 0.05) is 37.5 Å². The Morgan fingerprint density at radius 1 is 1.22 bits per heavy atom. The number of carbonyl (C=O) groups excluding carboxylic acids is 1. The van der Waals surface area contributed by atoms with Crippen LogP contribution >= 0.6 is 0 Å². The molecule has 0 saturated carbocycles. The van der Waals surface area contributed by atoms with E-state index >= 15 is 0 Å². The van der Waals surface area contributed by atoms with Crippen LogP contribution < -0.4 is 10.6 Å². The number of hydrogen-bond acceptors (Lipinski definition) is 3. The average Bonchev–Trinajstić information content (AvgIpc) is 3.06. The van der Waals surface area contributed by atoms with Crippen molar-refractivity contribution in [1.29, 1.82) is 0 Å². The Kier molecular flexibility index (Phi) is 4.39. The Hall–Kier alpha value is -3.15. The fourth-order valence-electron chi connectivity index (χ4n) is 3.45. The first kappa shape index (κ1) is 17.3. The van der Waals surface area contributed by atoms with Crippen LogP contribution in [0.2, 0.25) is 0 Å². The van der Waals surface area contributed by atoms with Crippen molar-refractivity contribution in [2.75, 3.05) is 10.6 Å². The molecule has 1 aliphatic rings. The van der Waals surface area contributed by atoms with Gasteiger partial charge in [-0.05, 0) is 48.7 Å². The first-order valence-corrected chi connectivity index (χ1v) is 8.95. The first-order chi connectivity index (χ1) is 13.0. The topological polar surface area (TPSA) is 58.9 Å². The van der Waals surface area contributed by atoms with Gasteiger partial charge in [0.1, 0.15) is 5.82 Å². The molecule has 1 aliphatic heterocycles. The van der Waals surface area contributed by atoms with Gasteiger partial charge in [0.25, 0.3) is 0 Å². The van der Waals surface area contributed by atoms with Crippen LogP contribution in [0, 0.1) is 12.7 Å². The number of fused-ring (bicyclic) bond motifs is 1. The normalized spacial score (nSPS) is 13.2. The van der Waals surface area contributed by atoms with Gasteiger partial charge in [-0.3, -0.25) is 9.48 Å². The van der Waals surface area contributed by atoms with E-state index in [1.807, 2.05) is 17.8 Å². The minimum absolute atomic E-state index is 0.0666. The number of rotatable bonds is 4. The molecule has 0 bridgehead atoms. The largest absolute Gasteiger partial charge is 0.379 e. The number of halogens is 1. The molecule has 5 nitrogen and oxygen atoms in total. The molecule has 0 aliphatic carbocycles. The molecule has 3 aromatic rings. The number of benzene rings is 2. The molecule has 2 aromatic carbocycles. The van der Waals surface area contributed by atoms with Crippen LogP contribution in [0.15, 0.2) is 42.6 Å². The first-order valence-electron chi connectivity index (χ1n) is 8.95. The number of anilines is 2. The van der Waals surface area contributed by atoms with Crippen molar-refractivity contribution in [2.24, 2.45) is 7.05 Å². The molecule has 1 amide bonds. The molecule has 1 aromatic heterocycles. The lowest BCUT2D eigenvalue weighted by atomic mass is 10.0. The Morgan fingerprint density at radius 2 is 2.07 bits per heavy atom. The molecule has 138 valence electrons. The van der Waals surface area contributed by atoms with Crippen LogP contribution in [-0.4, -0.2) is 15.7 Å². The van der Waals surface area contributed by atoms with Crippen molar-refractivity contribution in [3.8, 4) is 11.3 Å². The van der Waals surface area contributed by atoms with Crippen molar-refractivity contribution in [1.82, 2.24) is 9.78 Å². The van der Waals surface area contributed by atoms with Crippen LogP contribution in [-0.2, 0) is 24.8 Å². The van der Waals surface area contributed by atoms with Crippen molar-refractivity contribution < 1.29 is 9.18 Å². The minimum atomic E-state index is -0.370. The van der Waals surface area contributed by atoms with Gasteiger partial charge in [0.2, 0.25) is 5.91 Å². The van der Waals surface area contributed by atoms with Gasteiger partial charge in [-0.2, -0.15) is 5.10 Å². The third kappa shape index (κ3) is 3.43. The Morgan fingerprint density at radius 3 is 2.85 bits per heavy atom.